The maximum atomic E-state index is 15.6. The van der Waals surface area contributed by atoms with Gasteiger partial charge in [0.05, 0.1) is 46.1 Å². The molecular weight excluding hydrogens is 792 g/mol. The molecule has 2 aliphatic rings. The van der Waals surface area contributed by atoms with Crippen LogP contribution in [0.5, 0.6) is 0 Å². The molecule has 3 atom stereocenters. The second-order valence-electron chi connectivity index (χ2n) is 13.8. The van der Waals surface area contributed by atoms with Gasteiger partial charge in [0.2, 0.25) is 21.8 Å². The van der Waals surface area contributed by atoms with Crippen molar-refractivity contribution in [2.45, 2.75) is 51.1 Å². The molecule has 2 aromatic carbocycles. The largest absolute Gasteiger partial charge is 0.359 e. The van der Waals surface area contributed by atoms with Gasteiger partial charge < -0.3 is 16.0 Å². The number of nitrogens with one attached hydrogen (secondary N) is 4. The highest BCUT2D eigenvalue weighted by molar-refractivity contribution is 7.92. The Morgan fingerprint density at radius 1 is 1.07 bits per heavy atom. The molecule has 3 aromatic heterocycles. The molecule has 56 heavy (non-hydrogen) atoms. The molecule has 0 unspecified atom stereocenters. The van der Waals surface area contributed by atoms with Gasteiger partial charge in [0, 0.05) is 35.7 Å². The first-order valence-corrected chi connectivity index (χ1v) is 19.2. The van der Waals surface area contributed by atoms with Crippen molar-refractivity contribution < 1.29 is 44.3 Å². The lowest BCUT2D eigenvalue weighted by atomic mass is 9.93. The van der Waals surface area contributed by atoms with Crippen LogP contribution in [0, 0.1) is 17.6 Å². The first-order chi connectivity index (χ1) is 26.2. The van der Waals surface area contributed by atoms with Crippen LogP contribution in [0.15, 0.2) is 36.4 Å². The number of aromatic nitrogens is 5. The number of rotatable bonds is 10. The minimum Gasteiger partial charge on any atom is -0.359 e. The van der Waals surface area contributed by atoms with Gasteiger partial charge in [-0.2, -0.15) is 19.0 Å². The Balaban J connectivity index is 1.40. The maximum Gasteiger partial charge on any atom is 0.292 e. The molecule has 4 N–H and O–H groups in total. The molecule has 21 heteroatoms. The third-order valence-corrected chi connectivity index (χ3v) is 10.8. The Bertz CT molecular complexity index is 2540. The van der Waals surface area contributed by atoms with Crippen molar-refractivity contribution in [3.63, 3.8) is 0 Å². The Morgan fingerprint density at radius 2 is 1.77 bits per heavy atom. The summed E-state index contributed by atoms with van der Waals surface area (Å²) >= 11 is 6.58. The molecular formula is C35H32ClF6N9O4S. The number of sulfonamides is 1. The number of alkyl halides is 4. The molecule has 1 aliphatic carbocycles. The fourth-order valence-electron chi connectivity index (χ4n) is 7.35. The van der Waals surface area contributed by atoms with Gasteiger partial charge in [-0.15, -0.1) is 0 Å². The molecule has 0 radical (unpaired) electrons. The number of halogens is 7. The van der Waals surface area contributed by atoms with Crippen LogP contribution in [-0.4, -0.2) is 57.6 Å². The number of hydrogen-bond acceptors (Lipinski definition) is 8. The first-order valence-electron chi connectivity index (χ1n) is 17.0. The van der Waals surface area contributed by atoms with E-state index in [9.17, 15) is 35.6 Å². The van der Waals surface area contributed by atoms with Gasteiger partial charge >= 0.3 is 0 Å². The zero-order valence-corrected chi connectivity index (χ0v) is 31.4. The molecule has 13 nitrogen and oxygen atoms in total. The minimum atomic E-state index is -3.85. The van der Waals surface area contributed by atoms with E-state index in [1.54, 1.807) is 6.07 Å². The number of hydrogen-bond donors (Lipinski definition) is 4. The zero-order valence-electron chi connectivity index (χ0n) is 29.8. The number of anilines is 3. The van der Waals surface area contributed by atoms with E-state index < -0.39 is 81.6 Å². The van der Waals surface area contributed by atoms with E-state index in [1.807, 2.05) is 0 Å². The monoisotopic (exact) mass is 823 g/mol. The molecule has 0 saturated heterocycles. The molecule has 1 aliphatic heterocycles. The lowest BCUT2D eigenvalue weighted by Crippen LogP contribution is -2.36. The van der Waals surface area contributed by atoms with E-state index in [1.165, 1.54) is 37.7 Å². The Labute approximate surface area is 319 Å². The average Bonchev–Trinajstić information content (AvgIpc) is 3.69. The SMILES string of the molecule is C[C@@H]1c2c(C(F)F)nn(CC(=O)N[C@@H](Cc3cc(F)cc(F)c3)c3nc4c(cc3-c3ccc(Cl)c5c(NS(C)(=O)=O)nn(C)c35)NC(=O)CN4)c2C(F)(F)[C@@H]1C. The van der Waals surface area contributed by atoms with E-state index in [0.29, 0.717) is 16.3 Å². The van der Waals surface area contributed by atoms with Crippen molar-refractivity contribution in [3.8, 4) is 11.1 Å². The summed E-state index contributed by atoms with van der Waals surface area (Å²) in [5.74, 6) is -9.25. The van der Waals surface area contributed by atoms with Crippen LogP contribution in [-0.2, 0) is 45.5 Å². The Hall–Kier alpha value is -5.37. The van der Waals surface area contributed by atoms with Gasteiger partial charge in [0.1, 0.15) is 29.6 Å². The molecule has 5 aromatic rings. The Morgan fingerprint density at radius 3 is 2.43 bits per heavy atom. The van der Waals surface area contributed by atoms with Crippen LogP contribution >= 0.6 is 11.6 Å². The number of amides is 2. The van der Waals surface area contributed by atoms with Crippen molar-refractivity contribution in [1.82, 2.24) is 29.9 Å². The average molecular weight is 824 g/mol. The van der Waals surface area contributed by atoms with E-state index in [2.05, 4.69) is 30.9 Å². The fourth-order valence-corrected chi connectivity index (χ4v) is 8.08. The lowest BCUT2D eigenvalue weighted by Gasteiger charge is -2.26. The summed E-state index contributed by atoms with van der Waals surface area (Å²) in [6.45, 7) is 1.46. The number of fused-ring (bicyclic) bond motifs is 3. The van der Waals surface area contributed by atoms with Crippen molar-refractivity contribution in [3.05, 3.63) is 81.3 Å². The lowest BCUT2D eigenvalue weighted by molar-refractivity contribution is -0.123. The molecule has 0 fully saturated rings. The van der Waals surface area contributed by atoms with Gasteiger partial charge in [-0.05, 0) is 42.2 Å². The van der Waals surface area contributed by atoms with E-state index >= 15 is 8.78 Å². The predicted molar refractivity (Wildman–Crippen MR) is 194 cm³/mol. The summed E-state index contributed by atoms with van der Waals surface area (Å²) < 4.78 is 117. The van der Waals surface area contributed by atoms with Crippen molar-refractivity contribution >= 4 is 61.7 Å². The number of aryl methyl sites for hydroxylation is 1. The summed E-state index contributed by atoms with van der Waals surface area (Å²) in [5, 5.41) is 16.6. The molecule has 2 amide bonds. The minimum absolute atomic E-state index is 0.0272. The molecule has 0 bridgehead atoms. The summed E-state index contributed by atoms with van der Waals surface area (Å²) in [5.41, 5.74) is -0.997. The molecule has 0 saturated carbocycles. The zero-order chi connectivity index (χ0) is 40.6. The third kappa shape index (κ3) is 6.99. The number of carbonyl (C=O) groups excluding carboxylic acids is 2. The summed E-state index contributed by atoms with van der Waals surface area (Å²) in [7, 11) is -2.34. The van der Waals surface area contributed by atoms with Crippen LogP contribution in [0.25, 0.3) is 22.0 Å². The van der Waals surface area contributed by atoms with Gasteiger partial charge in [0.15, 0.2) is 11.6 Å². The maximum absolute atomic E-state index is 15.6. The second kappa shape index (κ2) is 14.0. The van der Waals surface area contributed by atoms with Crippen LogP contribution in [0.4, 0.5) is 43.7 Å². The van der Waals surface area contributed by atoms with Crippen LogP contribution in [0.3, 0.4) is 0 Å². The van der Waals surface area contributed by atoms with Gasteiger partial charge in [0.25, 0.3) is 12.3 Å². The predicted octanol–water partition coefficient (Wildman–Crippen LogP) is 6.38. The second-order valence-corrected chi connectivity index (χ2v) is 15.9. The molecule has 0 spiro atoms. The molecule has 296 valence electrons. The molecule has 7 rings (SSSR count). The summed E-state index contributed by atoms with van der Waals surface area (Å²) in [6, 6.07) is 5.85. The Kier molecular flexibility index (Phi) is 9.71. The number of benzene rings is 2. The van der Waals surface area contributed by atoms with E-state index in [-0.39, 0.29) is 68.6 Å². The van der Waals surface area contributed by atoms with E-state index in [0.717, 1.165) is 18.4 Å². The smallest absolute Gasteiger partial charge is 0.292 e. The number of carbonyl (C=O) groups is 2. The first kappa shape index (κ1) is 38.9. The van der Waals surface area contributed by atoms with Crippen LogP contribution in [0.2, 0.25) is 5.02 Å². The summed E-state index contributed by atoms with van der Waals surface area (Å²) in [4.78, 5) is 31.1. The van der Waals surface area contributed by atoms with Crippen molar-refractivity contribution in [2.24, 2.45) is 13.0 Å². The summed E-state index contributed by atoms with van der Waals surface area (Å²) in [6.07, 6.45) is -2.64. The highest BCUT2D eigenvalue weighted by Crippen LogP contribution is 2.54. The van der Waals surface area contributed by atoms with Crippen LogP contribution in [0.1, 0.15) is 60.4 Å². The van der Waals surface area contributed by atoms with Gasteiger partial charge in [-0.25, -0.2) is 31.0 Å². The number of nitrogens with zero attached hydrogens (tertiary/aromatic N) is 5. The highest BCUT2D eigenvalue weighted by Gasteiger charge is 2.55. The standard InChI is InChI=1S/C35H32ClF6N9O4S/c1-14-15(2)35(41,42)31-26(14)29(32(39)40)47-51(31)13-25(53)44-22(9-16-7-17(37)10-18(38)8-16)28-20(11-23-33(46-28)43-12-24(52)45-23)19-5-6-21(36)27-30(19)50(3)48-34(27)49-56(4,54)55/h5-8,10-11,14-15,22,32H,9,12-13H2,1-4H3,(H,43,46)(H,44,53)(H,45,52)(H,48,49)/t14-,15+,22-/m0/s1. The highest BCUT2D eigenvalue weighted by atomic mass is 35.5. The topological polar surface area (TPSA) is 165 Å². The van der Waals surface area contributed by atoms with Gasteiger partial charge in [-0.1, -0.05) is 31.5 Å². The van der Waals surface area contributed by atoms with Crippen molar-refractivity contribution in [2.75, 3.05) is 28.2 Å². The normalized spacial score (nSPS) is 18.0. The molecule has 4 heterocycles. The van der Waals surface area contributed by atoms with Crippen molar-refractivity contribution in [1.29, 1.82) is 0 Å². The quantitative estimate of drug-likeness (QED) is 0.118. The number of pyridine rings is 1. The van der Waals surface area contributed by atoms with Gasteiger partial charge in [-0.3, -0.25) is 23.7 Å². The van der Waals surface area contributed by atoms with E-state index in [4.69, 9.17) is 16.6 Å². The third-order valence-electron chi connectivity index (χ3n) is 9.89. The fraction of sp³-hybridized carbons (Fsp3) is 0.343. The van der Waals surface area contributed by atoms with Crippen LogP contribution < -0.4 is 20.7 Å².